The Morgan fingerprint density at radius 3 is 2.42 bits per heavy atom. The fourth-order valence-electron chi connectivity index (χ4n) is 2.48. The van der Waals surface area contributed by atoms with Crippen molar-refractivity contribution in [3.8, 4) is 0 Å². The van der Waals surface area contributed by atoms with Crippen molar-refractivity contribution in [1.82, 2.24) is 15.5 Å². The molecule has 1 unspecified atom stereocenters. The van der Waals surface area contributed by atoms with E-state index in [-0.39, 0.29) is 18.6 Å². The number of amides is 1. The summed E-state index contributed by atoms with van der Waals surface area (Å²) in [6.07, 6.45) is 0.805. The van der Waals surface area contributed by atoms with Gasteiger partial charge in [0.2, 0.25) is 5.91 Å². The van der Waals surface area contributed by atoms with E-state index in [1.54, 1.807) is 0 Å². The number of nitrogens with zero attached hydrogens (tertiary/aromatic N) is 1. The van der Waals surface area contributed by atoms with Crippen molar-refractivity contribution in [3.63, 3.8) is 0 Å². The van der Waals surface area contributed by atoms with Gasteiger partial charge in [0.15, 0.2) is 0 Å². The van der Waals surface area contributed by atoms with Crippen molar-refractivity contribution < 1.29 is 9.90 Å². The van der Waals surface area contributed by atoms with Crippen LogP contribution in [0.25, 0.3) is 0 Å². The van der Waals surface area contributed by atoms with Gasteiger partial charge in [-0.15, -0.1) is 0 Å². The van der Waals surface area contributed by atoms with Crippen molar-refractivity contribution in [1.29, 1.82) is 0 Å². The molecule has 0 bridgehead atoms. The van der Waals surface area contributed by atoms with Crippen LogP contribution in [-0.2, 0) is 4.79 Å². The predicted molar refractivity (Wildman–Crippen MR) is 77.0 cm³/mol. The lowest BCUT2D eigenvalue weighted by molar-refractivity contribution is -0.133. The van der Waals surface area contributed by atoms with Gasteiger partial charge in [0.25, 0.3) is 0 Å². The molecule has 0 aromatic heterocycles. The SMILES string of the molecule is CC(C)CC(CO)NC(=O)C(C)(C)N1CCNCC1. The predicted octanol–water partition coefficient (Wildman–Crippen LogP) is 0.193. The van der Waals surface area contributed by atoms with Gasteiger partial charge in [0.05, 0.1) is 18.2 Å². The Balaban J connectivity index is 2.58. The van der Waals surface area contributed by atoms with Crippen molar-refractivity contribution in [3.05, 3.63) is 0 Å². The topological polar surface area (TPSA) is 64.6 Å². The number of hydrogen-bond acceptors (Lipinski definition) is 4. The standard InChI is InChI=1S/C14H29N3O2/c1-11(2)9-12(10-18)16-13(19)14(3,4)17-7-5-15-6-8-17/h11-12,15,18H,5-10H2,1-4H3,(H,16,19). The van der Waals surface area contributed by atoms with Gasteiger partial charge in [0.1, 0.15) is 0 Å². The monoisotopic (exact) mass is 271 g/mol. The van der Waals surface area contributed by atoms with E-state index >= 15 is 0 Å². The molecule has 0 aromatic rings. The van der Waals surface area contributed by atoms with Crippen molar-refractivity contribution >= 4 is 5.91 Å². The molecule has 0 radical (unpaired) electrons. The molecule has 5 nitrogen and oxygen atoms in total. The Labute approximate surface area is 116 Å². The average molecular weight is 271 g/mol. The molecule has 1 saturated heterocycles. The molecule has 19 heavy (non-hydrogen) atoms. The van der Waals surface area contributed by atoms with Crippen LogP contribution in [0, 0.1) is 5.92 Å². The smallest absolute Gasteiger partial charge is 0.240 e. The molecule has 1 atom stereocenters. The summed E-state index contributed by atoms with van der Waals surface area (Å²) < 4.78 is 0. The Hall–Kier alpha value is -0.650. The molecule has 0 spiro atoms. The minimum Gasteiger partial charge on any atom is -0.394 e. The first-order valence-electron chi connectivity index (χ1n) is 7.25. The highest BCUT2D eigenvalue weighted by Crippen LogP contribution is 2.16. The lowest BCUT2D eigenvalue weighted by Crippen LogP contribution is -2.61. The molecular weight excluding hydrogens is 242 g/mol. The molecule has 0 aliphatic carbocycles. The van der Waals surface area contributed by atoms with E-state index in [1.165, 1.54) is 0 Å². The van der Waals surface area contributed by atoms with Gasteiger partial charge in [0, 0.05) is 26.2 Å². The number of carbonyl (C=O) groups excluding carboxylic acids is 1. The molecule has 0 saturated carbocycles. The lowest BCUT2D eigenvalue weighted by atomic mass is 9.98. The average Bonchev–Trinajstić information content (AvgIpc) is 2.38. The summed E-state index contributed by atoms with van der Waals surface area (Å²) in [5, 5.41) is 15.6. The minimum absolute atomic E-state index is 0.00154. The Morgan fingerprint density at radius 2 is 1.95 bits per heavy atom. The van der Waals surface area contributed by atoms with Gasteiger partial charge >= 0.3 is 0 Å². The zero-order valence-corrected chi connectivity index (χ0v) is 12.7. The largest absolute Gasteiger partial charge is 0.394 e. The van der Waals surface area contributed by atoms with Crippen molar-refractivity contribution in [2.24, 2.45) is 5.92 Å². The summed E-state index contributed by atoms with van der Waals surface area (Å²) >= 11 is 0. The minimum atomic E-state index is -0.521. The van der Waals surface area contributed by atoms with E-state index in [9.17, 15) is 9.90 Å². The van der Waals surface area contributed by atoms with Gasteiger partial charge < -0.3 is 15.7 Å². The zero-order chi connectivity index (χ0) is 14.5. The summed E-state index contributed by atoms with van der Waals surface area (Å²) in [5.74, 6) is 0.467. The number of aliphatic hydroxyl groups excluding tert-OH is 1. The second-order valence-corrected chi connectivity index (χ2v) is 6.28. The van der Waals surface area contributed by atoms with E-state index < -0.39 is 5.54 Å². The van der Waals surface area contributed by atoms with Gasteiger partial charge in [-0.2, -0.15) is 0 Å². The maximum Gasteiger partial charge on any atom is 0.240 e. The van der Waals surface area contributed by atoms with E-state index in [4.69, 9.17) is 0 Å². The molecule has 1 rings (SSSR count). The second kappa shape index (κ2) is 7.22. The molecule has 1 aliphatic heterocycles. The molecule has 0 aromatic carbocycles. The third kappa shape index (κ3) is 4.75. The van der Waals surface area contributed by atoms with Crippen LogP contribution < -0.4 is 10.6 Å². The van der Waals surface area contributed by atoms with E-state index in [0.717, 1.165) is 32.6 Å². The number of rotatable bonds is 6. The summed E-state index contributed by atoms with van der Waals surface area (Å²) in [4.78, 5) is 14.6. The molecule has 1 fully saturated rings. The van der Waals surface area contributed by atoms with E-state index in [2.05, 4.69) is 29.4 Å². The number of aliphatic hydroxyl groups is 1. The van der Waals surface area contributed by atoms with Crippen LogP contribution in [0.15, 0.2) is 0 Å². The Kier molecular flexibility index (Phi) is 6.23. The van der Waals surface area contributed by atoms with Gasteiger partial charge in [-0.1, -0.05) is 13.8 Å². The Bertz CT molecular complexity index is 286. The first kappa shape index (κ1) is 16.4. The molecule has 1 heterocycles. The first-order chi connectivity index (χ1) is 8.87. The zero-order valence-electron chi connectivity index (χ0n) is 12.7. The number of piperazine rings is 1. The van der Waals surface area contributed by atoms with Gasteiger partial charge in [-0.05, 0) is 26.2 Å². The van der Waals surface area contributed by atoms with Crippen LogP contribution in [0.1, 0.15) is 34.1 Å². The fourth-order valence-corrected chi connectivity index (χ4v) is 2.48. The molecule has 5 heteroatoms. The highest BCUT2D eigenvalue weighted by Gasteiger charge is 2.35. The summed E-state index contributed by atoms with van der Waals surface area (Å²) in [5.41, 5.74) is -0.521. The lowest BCUT2D eigenvalue weighted by Gasteiger charge is -2.40. The maximum absolute atomic E-state index is 12.4. The number of nitrogens with one attached hydrogen (secondary N) is 2. The highest BCUT2D eigenvalue weighted by atomic mass is 16.3. The van der Waals surface area contributed by atoms with Gasteiger partial charge in [-0.25, -0.2) is 0 Å². The van der Waals surface area contributed by atoms with Crippen LogP contribution >= 0.6 is 0 Å². The van der Waals surface area contributed by atoms with Crippen LogP contribution in [0.3, 0.4) is 0 Å². The van der Waals surface area contributed by atoms with E-state index in [1.807, 2.05) is 13.8 Å². The van der Waals surface area contributed by atoms with Crippen molar-refractivity contribution in [2.75, 3.05) is 32.8 Å². The number of hydrogen-bond donors (Lipinski definition) is 3. The van der Waals surface area contributed by atoms with Crippen LogP contribution in [0.2, 0.25) is 0 Å². The van der Waals surface area contributed by atoms with Crippen LogP contribution in [0.5, 0.6) is 0 Å². The molecular formula is C14H29N3O2. The fraction of sp³-hybridized carbons (Fsp3) is 0.929. The molecule has 1 amide bonds. The normalized spacial score (nSPS) is 19.5. The van der Waals surface area contributed by atoms with Crippen LogP contribution in [0.4, 0.5) is 0 Å². The second-order valence-electron chi connectivity index (χ2n) is 6.28. The quantitative estimate of drug-likeness (QED) is 0.645. The molecule has 3 N–H and O–H groups in total. The first-order valence-corrected chi connectivity index (χ1v) is 7.25. The van der Waals surface area contributed by atoms with Crippen molar-refractivity contribution in [2.45, 2.75) is 45.7 Å². The highest BCUT2D eigenvalue weighted by molar-refractivity contribution is 5.85. The third-order valence-electron chi connectivity index (χ3n) is 3.77. The third-order valence-corrected chi connectivity index (χ3v) is 3.77. The number of carbonyl (C=O) groups is 1. The van der Waals surface area contributed by atoms with E-state index in [0.29, 0.717) is 5.92 Å². The summed E-state index contributed by atoms with van der Waals surface area (Å²) in [6, 6.07) is -0.144. The Morgan fingerprint density at radius 1 is 1.37 bits per heavy atom. The molecule has 112 valence electrons. The molecule has 1 aliphatic rings. The van der Waals surface area contributed by atoms with Crippen LogP contribution in [-0.4, -0.2) is 60.3 Å². The maximum atomic E-state index is 12.4. The summed E-state index contributed by atoms with van der Waals surface area (Å²) in [6.45, 7) is 11.7. The van der Waals surface area contributed by atoms with Gasteiger partial charge in [-0.3, -0.25) is 9.69 Å². The summed E-state index contributed by atoms with van der Waals surface area (Å²) in [7, 11) is 0.